The van der Waals surface area contributed by atoms with Gasteiger partial charge in [0.2, 0.25) is 12.0 Å². The van der Waals surface area contributed by atoms with Crippen molar-refractivity contribution >= 4 is 44.8 Å². The molecule has 0 saturated heterocycles. The smallest absolute Gasteiger partial charge is 0.348 e. The molecule has 2 aromatic rings. The summed E-state index contributed by atoms with van der Waals surface area (Å²) < 4.78 is 102. The zero-order valence-corrected chi connectivity index (χ0v) is 23.1. The third-order valence-electron chi connectivity index (χ3n) is 5.50. The van der Waals surface area contributed by atoms with Crippen LogP contribution in [-0.4, -0.2) is 72.6 Å². The van der Waals surface area contributed by atoms with Gasteiger partial charge in [-0.15, -0.1) is 0 Å². The van der Waals surface area contributed by atoms with Crippen molar-refractivity contribution in [1.29, 1.82) is 0 Å². The molecule has 41 heavy (non-hydrogen) atoms. The average Bonchev–Trinajstić information content (AvgIpc) is 3.24. The molecule has 0 radical (unpaired) electrons. The lowest BCUT2D eigenvalue weighted by atomic mass is 10.1. The van der Waals surface area contributed by atoms with E-state index in [1.165, 1.54) is 44.2 Å². The molecule has 0 saturated carbocycles. The van der Waals surface area contributed by atoms with Gasteiger partial charge in [-0.05, 0) is 38.1 Å². The molecule has 1 aromatic carbocycles. The Balaban J connectivity index is 1.78. The number of carbonyl (C=O) groups is 2. The van der Waals surface area contributed by atoms with Gasteiger partial charge in [0.1, 0.15) is 9.84 Å². The van der Waals surface area contributed by atoms with Crippen molar-refractivity contribution in [3.8, 4) is 0 Å². The highest BCUT2D eigenvalue weighted by atomic mass is 35.5. The SMILES string of the molecule is Cc1nc(CN2NC(C(F)(F)F)=NC2C(F)(F)F)ccc1NC(=O)c1cccc(Cl)c1C(=O)N[C@@H](C)CS(C)(=O)=O. The van der Waals surface area contributed by atoms with Gasteiger partial charge in [0.15, 0.2) is 0 Å². The third kappa shape index (κ3) is 8.29. The number of alkyl halides is 6. The number of amides is 2. The number of rotatable bonds is 8. The van der Waals surface area contributed by atoms with E-state index in [-0.39, 0.29) is 44.0 Å². The van der Waals surface area contributed by atoms with Crippen LogP contribution in [0.15, 0.2) is 35.3 Å². The van der Waals surface area contributed by atoms with Crippen LogP contribution in [0.2, 0.25) is 5.02 Å². The fraction of sp³-hybridized carbons (Fsp3) is 0.391. The summed E-state index contributed by atoms with van der Waals surface area (Å²) in [6.07, 6.45) is -12.0. The Morgan fingerprint density at radius 3 is 2.34 bits per heavy atom. The summed E-state index contributed by atoms with van der Waals surface area (Å²) in [7, 11) is -3.42. The summed E-state index contributed by atoms with van der Waals surface area (Å²) in [6.45, 7) is 2.14. The molecule has 1 unspecified atom stereocenters. The highest BCUT2D eigenvalue weighted by molar-refractivity contribution is 7.90. The molecule has 2 atom stereocenters. The summed E-state index contributed by atoms with van der Waals surface area (Å²) in [4.78, 5) is 32.7. The number of benzene rings is 1. The van der Waals surface area contributed by atoms with Crippen molar-refractivity contribution in [3.63, 3.8) is 0 Å². The van der Waals surface area contributed by atoms with Crippen LogP contribution >= 0.6 is 11.6 Å². The predicted octanol–water partition coefficient (Wildman–Crippen LogP) is 3.63. The van der Waals surface area contributed by atoms with E-state index < -0.39 is 58.6 Å². The van der Waals surface area contributed by atoms with Gasteiger partial charge in [0, 0.05) is 12.3 Å². The molecule has 0 bridgehead atoms. The van der Waals surface area contributed by atoms with Crippen molar-refractivity contribution in [2.75, 3.05) is 17.3 Å². The second-order valence-electron chi connectivity index (χ2n) is 9.15. The molecule has 3 N–H and O–H groups in total. The van der Waals surface area contributed by atoms with Crippen LogP contribution < -0.4 is 16.1 Å². The average molecular weight is 629 g/mol. The first-order valence-corrected chi connectivity index (χ1v) is 14.0. The Kier molecular flexibility index (Phi) is 9.24. The zero-order chi connectivity index (χ0) is 30.9. The minimum Gasteiger partial charge on any atom is -0.348 e. The number of halogens is 7. The van der Waals surface area contributed by atoms with Crippen molar-refractivity contribution in [2.24, 2.45) is 4.99 Å². The van der Waals surface area contributed by atoms with Crippen LogP contribution in [0.25, 0.3) is 0 Å². The van der Waals surface area contributed by atoms with Gasteiger partial charge in [0.05, 0.1) is 45.5 Å². The summed E-state index contributed by atoms with van der Waals surface area (Å²) in [6, 6.07) is 5.72. The summed E-state index contributed by atoms with van der Waals surface area (Å²) >= 11 is 6.16. The maximum absolute atomic E-state index is 13.3. The molecule has 1 aliphatic heterocycles. The van der Waals surface area contributed by atoms with Crippen LogP contribution in [0.5, 0.6) is 0 Å². The summed E-state index contributed by atoms with van der Waals surface area (Å²) in [5.41, 5.74) is 1.34. The van der Waals surface area contributed by atoms with Crippen molar-refractivity contribution in [3.05, 3.63) is 57.9 Å². The Hall–Kier alpha value is -3.44. The second-order valence-corrected chi connectivity index (χ2v) is 11.7. The van der Waals surface area contributed by atoms with E-state index in [0.717, 1.165) is 6.26 Å². The van der Waals surface area contributed by atoms with Gasteiger partial charge in [-0.25, -0.2) is 13.4 Å². The van der Waals surface area contributed by atoms with Crippen LogP contribution in [0.3, 0.4) is 0 Å². The minimum absolute atomic E-state index is 0.0661. The molecule has 3 rings (SSSR count). The molecule has 2 amide bonds. The van der Waals surface area contributed by atoms with E-state index >= 15 is 0 Å². The first kappa shape index (κ1) is 32.1. The first-order chi connectivity index (χ1) is 18.8. The number of hydrogen-bond donors (Lipinski definition) is 3. The summed E-state index contributed by atoms with van der Waals surface area (Å²) in [5, 5.41) is 5.12. The van der Waals surface area contributed by atoms with Gasteiger partial charge < -0.3 is 10.6 Å². The number of nitrogens with zero attached hydrogens (tertiary/aromatic N) is 3. The standard InChI is InChI=1S/C23H23ClF6N6O4S/c1-11(10-41(3,39)40)31-19(38)17-14(5-4-6-15(17)24)18(37)33-16-8-7-13(32-12(16)2)9-36-21(23(28,29)30)34-20(35-36)22(25,26)27/h4-8,11,21H,9-10H2,1-3H3,(H,31,38)(H,33,37)(H,34,35)/t11-,21?/m0/s1. The number of amidine groups is 1. The van der Waals surface area contributed by atoms with E-state index in [2.05, 4.69) is 20.6 Å². The van der Waals surface area contributed by atoms with Gasteiger partial charge in [-0.2, -0.15) is 31.4 Å². The fourth-order valence-electron chi connectivity index (χ4n) is 3.86. The monoisotopic (exact) mass is 628 g/mol. The lowest BCUT2D eigenvalue weighted by Crippen LogP contribution is -2.48. The Morgan fingerprint density at radius 1 is 1.12 bits per heavy atom. The fourth-order valence-corrected chi connectivity index (χ4v) is 5.12. The molecule has 2 heterocycles. The van der Waals surface area contributed by atoms with Crippen LogP contribution in [0.1, 0.15) is 39.0 Å². The van der Waals surface area contributed by atoms with E-state index in [1.54, 1.807) is 5.43 Å². The zero-order valence-electron chi connectivity index (χ0n) is 21.5. The minimum atomic E-state index is -5.13. The topological polar surface area (TPSA) is 133 Å². The van der Waals surface area contributed by atoms with Gasteiger partial charge in [-0.3, -0.25) is 20.0 Å². The Morgan fingerprint density at radius 2 is 1.78 bits per heavy atom. The van der Waals surface area contributed by atoms with Crippen LogP contribution in [0.4, 0.5) is 32.0 Å². The third-order valence-corrected chi connectivity index (χ3v) is 6.92. The first-order valence-electron chi connectivity index (χ1n) is 11.6. The molecule has 0 fully saturated rings. The number of hydrogen-bond acceptors (Lipinski definition) is 8. The van der Waals surface area contributed by atoms with Crippen LogP contribution in [0, 0.1) is 6.92 Å². The molecule has 0 aliphatic carbocycles. The number of pyridine rings is 1. The number of sulfone groups is 1. The van der Waals surface area contributed by atoms with Crippen molar-refractivity contribution in [2.45, 2.75) is 45.0 Å². The van der Waals surface area contributed by atoms with E-state index in [4.69, 9.17) is 11.6 Å². The highest BCUT2D eigenvalue weighted by Crippen LogP contribution is 2.32. The molecule has 10 nitrogen and oxygen atoms in total. The van der Waals surface area contributed by atoms with E-state index in [1.807, 2.05) is 0 Å². The Bertz CT molecular complexity index is 1480. The predicted molar refractivity (Wildman–Crippen MR) is 137 cm³/mol. The number of carbonyl (C=O) groups excluding carboxylic acids is 2. The number of aliphatic imine (C=N–C) groups is 1. The number of nitrogens with one attached hydrogen (secondary N) is 3. The quantitative estimate of drug-likeness (QED) is 0.381. The normalized spacial score (nSPS) is 17.0. The largest absolute Gasteiger partial charge is 0.450 e. The number of aromatic nitrogens is 1. The van der Waals surface area contributed by atoms with Gasteiger partial charge in [0.25, 0.3) is 11.8 Å². The summed E-state index contributed by atoms with van der Waals surface area (Å²) in [5.74, 6) is -3.78. The molecular formula is C23H23ClF6N6O4S. The number of aryl methyl sites for hydroxylation is 1. The van der Waals surface area contributed by atoms with E-state index in [0.29, 0.717) is 0 Å². The van der Waals surface area contributed by atoms with Gasteiger partial charge in [-0.1, -0.05) is 17.7 Å². The molecule has 1 aliphatic rings. The highest BCUT2D eigenvalue weighted by Gasteiger charge is 2.52. The maximum Gasteiger partial charge on any atom is 0.450 e. The molecule has 1 aromatic heterocycles. The lowest BCUT2D eigenvalue weighted by Gasteiger charge is -2.24. The maximum atomic E-state index is 13.3. The Labute approximate surface area is 235 Å². The molecule has 224 valence electrons. The van der Waals surface area contributed by atoms with Crippen molar-refractivity contribution in [1.82, 2.24) is 20.7 Å². The number of hydrazine groups is 1. The molecular weight excluding hydrogens is 606 g/mol. The second kappa shape index (κ2) is 11.8. The molecule has 0 spiro atoms. The van der Waals surface area contributed by atoms with Crippen molar-refractivity contribution < 1.29 is 44.3 Å². The van der Waals surface area contributed by atoms with Gasteiger partial charge >= 0.3 is 12.4 Å². The van der Waals surface area contributed by atoms with Crippen LogP contribution in [-0.2, 0) is 16.4 Å². The lowest BCUT2D eigenvalue weighted by molar-refractivity contribution is -0.183. The van der Waals surface area contributed by atoms with E-state index in [9.17, 15) is 44.3 Å². The molecule has 18 heteroatoms. The number of anilines is 1.